The van der Waals surface area contributed by atoms with Crippen molar-refractivity contribution in [3.05, 3.63) is 99.9 Å². The zero-order chi connectivity index (χ0) is 20.4. The molecule has 3 nitrogen and oxygen atoms in total. The van der Waals surface area contributed by atoms with Crippen molar-refractivity contribution < 1.29 is 13.9 Å². The molecule has 1 aliphatic rings. The molecule has 144 valence electrons. The first-order valence-corrected chi connectivity index (χ1v) is 9.37. The number of carbonyl (C=O) groups is 1. The smallest absolute Gasteiger partial charge is 0.254 e. The molecule has 1 heterocycles. The summed E-state index contributed by atoms with van der Waals surface area (Å²) in [5.74, 6) is 6.39. The van der Waals surface area contributed by atoms with Gasteiger partial charge in [0.1, 0.15) is 11.6 Å². The minimum absolute atomic E-state index is 0.0375. The average Bonchev–Trinajstić information content (AvgIpc) is 3.18. The molecule has 0 spiro atoms. The molecule has 0 aliphatic carbocycles. The van der Waals surface area contributed by atoms with E-state index in [0.29, 0.717) is 41.1 Å². The summed E-state index contributed by atoms with van der Waals surface area (Å²) in [4.78, 5) is 14.8. The van der Waals surface area contributed by atoms with Crippen LogP contribution in [0.5, 0.6) is 5.75 Å². The minimum Gasteiger partial charge on any atom is -0.495 e. The van der Waals surface area contributed by atoms with Crippen molar-refractivity contribution in [2.75, 3.05) is 7.11 Å². The van der Waals surface area contributed by atoms with Crippen LogP contribution in [0.25, 0.3) is 0 Å². The summed E-state index contributed by atoms with van der Waals surface area (Å²) in [7, 11) is 1.57. The molecule has 29 heavy (non-hydrogen) atoms. The summed E-state index contributed by atoms with van der Waals surface area (Å²) in [6.07, 6.45) is 0. The first-order valence-electron chi connectivity index (χ1n) is 9.37. The average molecular weight is 385 g/mol. The van der Waals surface area contributed by atoms with Crippen LogP contribution < -0.4 is 4.74 Å². The zero-order valence-corrected chi connectivity index (χ0v) is 16.3. The van der Waals surface area contributed by atoms with Gasteiger partial charge in [0.25, 0.3) is 5.91 Å². The van der Waals surface area contributed by atoms with E-state index in [1.165, 1.54) is 17.2 Å². The van der Waals surface area contributed by atoms with Crippen molar-refractivity contribution in [2.24, 2.45) is 0 Å². The number of carbonyl (C=O) groups excluding carboxylic acids is 1. The number of nitrogens with zero attached hydrogens (tertiary/aromatic N) is 1. The number of hydrogen-bond acceptors (Lipinski definition) is 2. The van der Waals surface area contributed by atoms with E-state index in [1.807, 2.05) is 17.0 Å². The molecule has 0 unspecified atom stereocenters. The van der Waals surface area contributed by atoms with Crippen molar-refractivity contribution in [1.82, 2.24) is 4.90 Å². The Morgan fingerprint density at radius 1 is 1.00 bits per heavy atom. The molecule has 0 saturated heterocycles. The number of benzene rings is 3. The SMILES string of the molecule is COc1ccc(C(=O)N2Cc3ccccc3C2)cc1C#Cc1ccc(F)c(C)c1. The minimum atomic E-state index is -0.257. The zero-order valence-electron chi connectivity index (χ0n) is 16.3. The summed E-state index contributed by atoms with van der Waals surface area (Å²) in [5, 5.41) is 0. The van der Waals surface area contributed by atoms with Gasteiger partial charge in [-0.25, -0.2) is 4.39 Å². The van der Waals surface area contributed by atoms with Crippen LogP contribution in [0.3, 0.4) is 0 Å². The van der Waals surface area contributed by atoms with Gasteiger partial charge in [-0.3, -0.25) is 4.79 Å². The largest absolute Gasteiger partial charge is 0.495 e. The summed E-state index contributed by atoms with van der Waals surface area (Å²) >= 11 is 0. The standard InChI is InChI=1S/C25H20FNO2/c1-17-13-18(8-11-23(17)26)7-9-19-14-20(10-12-24(19)29-2)25(28)27-15-21-5-3-4-6-22(21)16-27/h3-6,8,10-14H,15-16H2,1-2H3. The van der Waals surface area contributed by atoms with Crippen molar-refractivity contribution in [2.45, 2.75) is 20.0 Å². The number of hydrogen-bond donors (Lipinski definition) is 0. The Balaban J connectivity index is 1.61. The third-order valence-electron chi connectivity index (χ3n) is 5.07. The summed E-state index contributed by atoms with van der Waals surface area (Å²) in [5.41, 5.74) is 4.80. The van der Waals surface area contributed by atoms with Crippen LogP contribution in [0.15, 0.2) is 60.7 Å². The second-order valence-corrected chi connectivity index (χ2v) is 7.06. The number of ether oxygens (including phenoxy) is 1. The number of halogens is 1. The highest BCUT2D eigenvalue weighted by Crippen LogP contribution is 2.26. The highest BCUT2D eigenvalue weighted by atomic mass is 19.1. The van der Waals surface area contributed by atoms with Crippen molar-refractivity contribution in [3.63, 3.8) is 0 Å². The normalized spacial score (nSPS) is 12.2. The lowest BCUT2D eigenvalue weighted by Crippen LogP contribution is -2.25. The van der Waals surface area contributed by atoms with Crippen LogP contribution in [0, 0.1) is 24.6 Å². The highest BCUT2D eigenvalue weighted by Gasteiger charge is 2.24. The van der Waals surface area contributed by atoms with Gasteiger partial charge in [-0.05, 0) is 60.0 Å². The number of methoxy groups -OCH3 is 1. The molecular formula is C25H20FNO2. The van der Waals surface area contributed by atoms with Crippen LogP contribution in [-0.2, 0) is 13.1 Å². The molecule has 0 fully saturated rings. The molecule has 4 rings (SSSR count). The van der Waals surface area contributed by atoms with Gasteiger partial charge in [0.05, 0.1) is 12.7 Å². The molecular weight excluding hydrogens is 365 g/mol. The fraction of sp³-hybridized carbons (Fsp3) is 0.160. The molecule has 0 N–H and O–H groups in total. The second kappa shape index (κ2) is 7.81. The number of amides is 1. The van der Waals surface area contributed by atoms with Crippen LogP contribution in [0.1, 0.15) is 38.2 Å². The van der Waals surface area contributed by atoms with Gasteiger partial charge in [-0.2, -0.15) is 0 Å². The molecule has 0 radical (unpaired) electrons. The Bertz CT molecular complexity index is 1130. The molecule has 1 amide bonds. The van der Waals surface area contributed by atoms with Gasteiger partial charge in [0, 0.05) is 24.2 Å². The number of fused-ring (bicyclic) bond motifs is 1. The van der Waals surface area contributed by atoms with Crippen molar-refractivity contribution >= 4 is 5.91 Å². The number of aryl methyl sites for hydroxylation is 1. The predicted molar refractivity (Wildman–Crippen MR) is 110 cm³/mol. The van der Waals surface area contributed by atoms with Gasteiger partial charge in [-0.15, -0.1) is 0 Å². The second-order valence-electron chi connectivity index (χ2n) is 7.06. The first-order chi connectivity index (χ1) is 14.0. The van der Waals surface area contributed by atoms with Gasteiger partial charge >= 0.3 is 0 Å². The maximum Gasteiger partial charge on any atom is 0.254 e. The van der Waals surface area contributed by atoms with Gasteiger partial charge in [0.2, 0.25) is 0 Å². The van der Waals surface area contributed by atoms with E-state index in [2.05, 4.69) is 24.0 Å². The molecule has 4 heteroatoms. The fourth-order valence-electron chi connectivity index (χ4n) is 3.46. The quantitative estimate of drug-likeness (QED) is 0.599. The lowest BCUT2D eigenvalue weighted by molar-refractivity contribution is 0.0751. The molecule has 3 aromatic rings. The lowest BCUT2D eigenvalue weighted by atomic mass is 10.1. The fourth-order valence-corrected chi connectivity index (χ4v) is 3.46. The van der Waals surface area contributed by atoms with E-state index in [1.54, 1.807) is 44.4 Å². The monoisotopic (exact) mass is 385 g/mol. The van der Waals surface area contributed by atoms with Gasteiger partial charge in [-0.1, -0.05) is 36.1 Å². The van der Waals surface area contributed by atoms with Gasteiger partial charge in [0.15, 0.2) is 0 Å². The van der Waals surface area contributed by atoms with E-state index in [-0.39, 0.29) is 11.7 Å². The lowest BCUT2D eigenvalue weighted by Gasteiger charge is -2.16. The van der Waals surface area contributed by atoms with E-state index in [9.17, 15) is 9.18 Å². The van der Waals surface area contributed by atoms with Crippen LogP contribution in [0.4, 0.5) is 4.39 Å². The summed E-state index contributed by atoms with van der Waals surface area (Å²) in [6, 6.07) is 18.1. The third kappa shape index (κ3) is 3.86. The molecule has 0 aromatic heterocycles. The molecule has 1 aliphatic heterocycles. The van der Waals surface area contributed by atoms with Gasteiger partial charge < -0.3 is 9.64 Å². The maximum atomic E-state index is 13.5. The van der Waals surface area contributed by atoms with E-state index in [0.717, 1.165) is 0 Å². The van der Waals surface area contributed by atoms with Crippen LogP contribution >= 0.6 is 0 Å². The van der Waals surface area contributed by atoms with E-state index < -0.39 is 0 Å². The van der Waals surface area contributed by atoms with Crippen LogP contribution in [-0.4, -0.2) is 17.9 Å². The predicted octanol–water partition coefficient (Wildman–Crippen LogP) is 4.70. The first kappa shape index (κ1) is 18.8. The summed E-state index contributed by atoms with van der Waals surface area (Å²) in [6.45, 7) is 2.92. The Labute approximate surface area is 169 Å². The summed E-state index contributed by atoms with van der Waals surface area (Å²) < 4.78 is 18.9. The highest BCUT2D eigenvalue weighted by molar-refractivity contribution is 5.95. The Morgan fingerprint density at radius 2 is 1.72 bits per heavy atom. The van der Waals surface area contributed by atoms with Crippen molar-refractivity contribution in [1.29, 1.82) is 0 Å². The van der Waals surface area contributed by atoms with E-state index >= 15 is 0 Å². The Kier molecular flexibility index (Phi) is 5.05. The molecule has 3 aromatic carbocycles. The molecule has 0 bridgehead atoms. The Morgan fingerprint density at radius 3 is 2.38 bits per heavy atom. The van der Waals surface area contributed by atoms with Crippen LogP contribution in [0.2, 0.25) is 0 Å². The van der Waals surface area contributed by atoms with E-state index in [4.69, 9.17) is 4.74 Å². The van der Waals surface area contributed by atoms with Crippen molar-refractivity contribution in [3.8, 4) is 17.6 Å². The third-order valence-corrected chi connectivity index (χ3v) is 5.07. The maximum absolute atomic E-state index is 13.5. The Hall–Kier alpha value is -3.58. The topological polar surface area (TPSA) is 29.5 Å². The molecule has 0 atom stereocenters. The molecule has 0 saturated carbocycles. The number of rotatable bonds is 2.